The highest BCUT2D eigenvalue weighted by atomic mass is 27.1. The average molecular weight is 224 g/mol. The van der Waals surface area contributed by atoms with Gasteiger partial charge in [0.05, 0.1) is 6.26 Å². The van der Waals surface area contributed by atoms with E-state index in [9.17, 15) is 0 Å². The topological polar surface area (TPSA) is 14.2 Å². The molecule has 77 valence electrons. The van der Waals surface area contributed by atoms with Gasteiger partial charge in [0.15, 0.2) is 0 Å². The summed E-state index contributed by atoms with van der Waals surface area (Å²) in [5.41, 5.74) is 2.41. The van der Waals surface area contributed by atoms with Crippen LogP contribution in [-0.4, -0.2) is 20.1 Å². The molecule has 0 N–H and O–H groups in total. The molecular weight excluding hydrogens is 213 g/mol. The predicted octanol–water partition coefficient (Wildman–Crippen LogP) is 2.58. The van der Waals surface area contributed by atoms with E-state index in [1.165, 1.54) is 16.5 Å². The maximum absolute atomic E-state index is 5.57. The summed E-state index contributed by atoms with van der Waals surface area (Å²) in [6.07, 6.45) is 8.92. The number of nitrogens with zero attached hydrogens (tertiary/aromatic N) is 1. The molecule has 1 radical (unpaired) electrons. The Morgan fingerprint density at radius 3 is 3.00 bits per heavy atom. The first kappa shape index (κ1) is 9.77. The van der Waals surface area contributed by atoms with E-state index < -0.39 is 0 Å². The third-order valence-corrected chi connectivity index (χ3v) is 3.31. The molecule has 2 nitrogen and oxygen atoms in total. The van der Waals surface area contributed by atoms with Crippen molar-refractivity contribution in [2.75, 3.05) is 0 Å². The van der Waals surface area contributed by atoms with Gasteiger partial charge in [-0.1, -0.05) is 12.1 Å². The highest BCUT2D eigenvalue weighted by Crippen LogP contribution is 2.28. The van der Waals surface area contributed by atoms with Gasteiger partial charge >= 0.3 is 16.5 Å². The Bertz CT molecular complexity index is 595. The quantitative estimate of drug-likeness (QED) is 0.679. The molecule has 1 aromatic heterocycles. The molecule has 0 fully saturated rings. The van der Waals surface area contributed by atoms with E-state index >= 15 is 0 Å². The van der Waals surface area contributed by atoms with Crippen molar-refractivity contribution in [3.8, 4) is 0 Å². The Labute approximate surface area is 102 Å². The van der Waals surface area contributed by atoms with Gasteiger partial charge in [0.2, 0.25) is 0 Å². The van der Waals surface area contributed by atoms with E-state index in [1.807, 2.05) is 22.6 Å². The Morgan fingerprint density at radius 2 is 2.19 bits per heavy atom. The van der Waals surface area contributed by atoms with Crippen LogP contribution < -0.4 is 0 Å². The van der Waals surface area contributed by atoms with Gasteiger partial charge in [-0.25, -0.2) is 0 Å². The van der Waals surface area contributed by atoms with Crippen molar-refractivity contribution < 1.29 is 4.74 Å². The molecule has 2 heterocycles. The maximum Gasteiger partial charge on any atom is 0.348 e. The number of allylic oxidation sites excluding steroid dienone is 2. The second-order valence-electron chi connectivity index (χ2n) is 3.82. The zero-order chi connectivity index (χ0) is 11.0. The molecule has 16 heavy (non-hydrogen) atoms. The van der Waals surface area contributed by atoms with E-state index in [0.29, 0.717) is 0 Å². The Balaban J connectivity index is 2.22. The number of hydrogen-bond acceptors (Lipinski definition) is 1. The molecule has 2 aromatic rings. The van der Waals surface area contributed by atoms with Gasteiger partial charge in [-0.3, -0.25) is 0 Å². The van der Waals surface area contributed by atoms with Crippen LogP contribution in [0.1, 0.15) is 12.0 Å². The molecule has 0 amide bonds. The Morgan fingerprint density at radius 1 is 1.25 bits per heavy atom. The number of ether oxygens (including phenoxy) is 1. The van der Waals surface area contributed by atoms with Gasteiger partial charge < -0.3 is 8.29 Å². The van der Waals surface area contributed by atoms with Crippen LogP contribution in [0.25, 0.3) is 16.7 Å². The summed E-state index contributed by atoms with van der Waals surface area (Å²) >= 11 is 1.85. The lowest BCUT2D eigenvalue weighted by molar-refractivity contribution is 0.428. The number of hydrogen-bond donors (Lipinski definition) is 0. The van der Waals surface area contributed by atoms with Gasteiger partial charge in [0.25, 0.3) is 0 Å². The normalized spacial score (nSPS) is 14.9. The van der Waals surface area contributed by atoms with E-state index in [-0.39, 0.29) is 0 Å². The summed E-state index contributed by atoms with van der Waals surface area (Å²) < 4.78 is 7.73. The summed E-state index contributed by atoms with van der Waals surface area (Å²) in [7, 11) is 0. The minimum atomic E-state index is 0.943. The fraction of sp³-hybridized carbons (Fsp3) is 0.0769. The molecule has 3 rings (SSSR count). The first-order valence-corrected chi connectivity index (χ1v) is 5.92. The number of rotatable bonds is 1. The monoisotopic (exact) mass is 224 g/mol. The molecular formula is C13H11AlNO. The van der Waals surface area contributed by atoms with Crippen LogP contribution in [0.3, 0.4) is 0 Å². The fourth-order valence-corrected chi connectivity index (χ4v) is 2.49. The highest BCUT2D eigenvalue weighted by molar-refractivity contribution is 6.13. The molecule has 0 aliphatic carbocycles. The lowest BCUT2D eigenvalue weighted by atomic mass is 10.1. The van der Waals surface area contributed by atoms with Crippen LogP contribution >= 0.6 is 0 Å². The zero-order valence-corrected chi connectivity index (χ0v) is 10.3. The molecule has 0 bridgehead atoms. The van der Waals surface area contributed by atoms with E-state index in [1.54, 1.807) is 6.26 Å². The molecule has 0 saturated heterocycles. The molecule has 1 aliphatic rings. The van der Waals surface area contributed by atoms with Gasteiger partial charge in [-0.2, -0.15) is 0 Å². The van der Waals surface area contributed by atoms with Crippen molar-refractivity contribution >= 4 is 33.2 Å². The number of fused-ring (bicyclic) bond motifs is 1. The van der Waals surface area contributed by atoms with E-state index in [0.717, 1.165) is 12.2 Å². The highest BCUT2D eigenvalue weighted by Gasteiger charge is 2.10. The Hall–Kier alpha value is -1.43. The van der Waals surface area contributed by atoms with Crippen molar-refractivity contribution in [3.63, 3.8) is 0 Å². The SMILES string of the molecule is [AlH][n]1ccc2cccc(C3=CCC=CO3)c21. The summed E-state index contributed by atoms with van der Waals surface area (Å²) in [5, 5.41) is 1.26. The second kappa shape index (κ2) is 3.86. The summed E-state index contributed by atoms with van der Waals surface area (Å²) in [5.74, 6) is 0.958. The van der Waals surface area contributed by atoms with Crippen LogP contribution in [0.15, 0.2) is 48.9 Å². The van der Waals surface area contributed by atoms with Gasteiger partial charge in [-0.05, 0) is 42.3 Å². The molecule has 0 unspecified atom stereocenters. The van der Waals surface area contributed by atoms with Crippen molar-refractivity contribution in [2.24, 2.45) is 0 Å². The predicted molar refractivity (Wildman–Crippen MR) is 67.3 cm³/mol. The average Bonchev–Trinajstić information content (AvgIpc) is 2.73. The van der Waals surface area contributed by atoms with Crippen molar-refractivity contribution in [1.29, 1.82) is 0 Å². The van der Waals surface area contributed by atoms with Crippen LogP contribution in [0.4, 0.5) is 0 Å². The lowest BCUT2D eigenvalue weighted by Gasteiger charge is -2.12. The number of aromatic nitrogens is 1. The smallest absolute Gasteiger partial charge is 0.348 e. The first-order chi connectivity index (χ1) is 7.86. The van der Waals surface area contributed by atoms with Crippen molar-refractivity contribution in [2.45, 2.75) is 6.42 Å². The number of benzene rings is 1. The third kappa shape index (κ3) is 1.49. The summed E-state index contributed by atoms with van der Waals surface area (Å²) in [6.45, 7) is 0. The van der Waals surface area contributed by atoms with Crippen LogP contribution in [0, 0.1) is 0 Å². The van der Waals surface area contributed by atoms with Gasteiger partial charge in [-0.15, -0.1) is 0 Å². The van der Waals surface area contributed by atoms with Crippen molar-refractivity contribution in [3.05, 3.63) is 54.4 Å². The minimum Gasteiger partial charge on any atom is -0.465 e. The molecule has 1 aromatic carbocycles. The molecule has 1 aliphatic heterocycles. The maximum atomic E-state index is 5.57. The fourth-order valence-electron chi connectivity index (χ4n) is 2.03. The van der Waals surface area contributed by atoms with Gasteiger partial charge in [0, 0.05) is 11.1 Å². The summed E-state index contributed by atoms with van der Waals surface area (Å²) in [4.78, 5) is 0. The number of para-hydroxylation sites is 1. The zero-order valence-electron chi connectivity index (χ0n) is 8.89. The van der Waals surface area contributed by atoms with Crippen LogP contribution in [0.5, 0.6) is 0 Å². The second-order valence-corrected chi connectivity index (χ2v) is 4.50. The third-order valence-electron chi connectivity index (χ3n) is 2.78. The largest absolute Gasteiger partial charge is 0.465 e. The summed E-state index contributed by atoms with van der Waals surface area (Å²) in [6, 6.07) is 8.44. The van der Waals surface area contributed by atoms with E-state index in [4.69, 9.17) is 4.74 Å². The molecule has 0 spiro atoms. The lowest BCUT2D eigenvalue weighted by Crippen LogP contribution is -1.96. The molecule has 0 atom stereocenters. The Kier molecular flexibility index (Phi) is 2.36. The van der Waals surface area contributed by atoms with Crippen LogP contribution in [0.2, 0.25) is 0 Å². The van der Waals surface area contributed by atoms with Gasteiger partial charge in [0.1, 0.15) is 5.76 Å². The first-order valence-electron chi connectivity index (χ1n) is 5.29. The molecule has 3 heteroatoms. The van der Waals surface area contributed by atoms with Crippen LogP contribution in [-0.2, 0) is 4.74 Å². The minimum absolute atomic E-state index is 0.943. The standard InChI is InChI=1S/C13H10NO.Al.H/c1-2-9-15-12(6-1)11-5-3-4-10-7-8-14-13(10)11;;/h2-9H,1H2;;/q-1;+1;. The van der Waals surface area contributed by atoms with E-state index in [2.05, 4.69) is 40.1 Å². The molecule has 0 saturated carbocycles. The van der Waals surface area contributed by atoms with Crippen molar-refractivity contribution in [1.82, 2.24) is 3.55 Å².